The normalized spacial score (nSPS) is 12.8. The number of oxazole rings is 1. The van der Waals surface area contributed by atoms with E-state index in [-0.39, 0.29) is 6.10 Å². The fraction of sp³-hybridized carbons (Fsp3) is 0.545. The first kappa shape index (κ1) is 12.7. The van der Waals surface area contributed by atoms with Crippen LogP contribution < -0.4 is 5.73 Å². The summed E-state index contributed by atoms with van der Waals surface area (Å²) in [6, 6.07) is 0. The summed E-state index contributed by atoms with van der Waals surface area (Å²) < 4.78 is 15.6. The van der Waals surface area contributed by atoms with Crippen LogP contribution in [-0.2, 0) is 11.2 Å². The Hall–Kier alpha value is -1.73. The number of ether oxygens (including phenoxy) is 1. The Bertz CT molecular complexity index is 494. The molecule has 7 nitrogen and oxygen atoms in total. The highest BCUT2D eigenvalue weighted by Crippen LogP contribution is 2.15. The van der Waals surface area contributed by atoms with Gasteiger partial charge in [-0.25, -0.2) is 4.98 Å². The van der Waals surface area contributed by atoms with E-state index in [0.29, 0.717) is 42.9 Å². The minimum Gasteiger partial charge on any atom is -0.449 e. The molecule has 0 saturated heterocycles. The van der Waals surface area contributed by atoms with Crippen molar-refractivity contribution in [1.29, 1.82) is 0 Å². The predicted molar refractivity (Wildman–Crippen MR) is 62.7 cm³/mol. The number of rotatable bonds is 6. The Balaban J connectivity index is 2.06. The highest BCUT2D eigenvalue weighted by Gasteiger charge is 2.16. The van der Waals surface area contributed by atoms with E-state index < -0.39 is 0 Å². The Kier molecular flexibility index (Phi) is 4.06. The second-order valence-electron chi connectivity index (χ2n) is 3.78. The van der Waals surface area contributed by atoms with Gasteiger partial charge in [-0.3, -0.25) is 0 Å². The lowest BCUT2D eigenvalue weighted by atomic mass is 10.2. The van der Waals surface area contributed by atoms with Crippen LogP contribution in [0, 0.1) is 6.92 Å². The first-order valence-electron chi connectivity index (χ1n) is 5.79. The van der Waals surface area contributed by atoms with Gasteiger partial charge in [0.2, 0.25) is 11.7 Å². The van der Waals surface area contributed by atoms with Crippen molar-refractivity contribution in [2.75, 3.05) is 13.2 Å². The molecule has 0 aromatic carbocycles. The minimum atomic E-state index is -0.109. The summed E-state index contributed by atoms with van der Waals surface area (Å²) in [5.41, 5.74) is 6.14. The van der Waals surface area contributed by atoms with Crippen molar-refractivity contribution in [3.05, 3.63) is 18.0 Å². The lowest BCUT2D eigenvalue weighted by Gasteiger charge is -2.11. The Morgan fingerprint density at radius 2 is 2.28 bits per heavy atom. The summed E-state index contributed by atoms with van der Waals surface area (Å²) in [5.74, 6) is 1.45. The SMILES string of the molecule is CCOC(CN)Cc1nc(-c2coc(C)n2)no1. The molecule has 2 rings (SSSR count). The zero-order valence-electron chi connectivity index (χ0n) is 10.4. The molecule has 2 aromatic heterocycles. The van der Waals surface area contributed by atoms with Gasteiger partial charge in [0.15, 0.2) is 5.89 Å². The number of hydrogen-bond donors (Lipinski definition) is 1. The van der Waals surface area contributed by atoms with Crippen LogP contribution in [0.1, 0.15) is 18.7 Å². The second-order valence-corrected chi connectivity index (χ2v) is 3.78. The van der Waals surface area contributed by atoms with E-state index >= 15 is 0 Å². The number of nitrogens with zero attached hydrogens (tertiary/aromatic N) is 3. The largest absolute Gasteiger partial charge is 0.449 e. The minimum absolute atomic E-state index is 0.109. The molecule has 1 atom stereocenters. The third kappa shape index (κ3) is 2.93. The van der Waals surface area contributed by atoms with Crippen LogP contribution in [0.25, 0.3) is 11.5 Å². The van der Waals surface area contributed by atoms with Crippen molar-refractivity contribution in [3.8, 4) is 11.5 Å². The van der Waals surface area contributed by atoms with E-state index in [1.165, 1.54) is 6.26 Å². The molecule has 18 heavy (non-hydrogen) atoms. The van der Waals surface area contributed by atoms with Gasteiger partial charge in [-0.1, -0.05) is 5.16 Å². The van der Waals surface area contributed by atoms with Gasteiger partial charge in [0.1, 0.15) is 12.0 Å². The third-order valence-corrected chi connectivity index (χ3v) is 2.38. The van der Waals surface area contributed by atoms with E-state index in [2.05, 4.69) is 15.1 Å². The molecule has 0 spiro atoms. The van der Waals surface area contributed by atoms with Gasteiger partial charge in [0.25, 0.3) is 0 Å². The lowest BCUT2D eigenvalue weighted by molar-refractivity contribution is 0.0636. The van der Waals surface area contributed by atoms with Crippen molar-refractivity contribution in [1.82, 2.24) is 15.1 Å². The predicted octanol–water partition coefficient (Wildman–Crippen LogP) is 0.939. The molecule has 1 unspecified atom stereocenters. The average Bonchev–Trinajstić information content (AvgIpc) is 2.97. The maximum atomic E-state index is 5.59. The first-order chi connectivity index (χ1) is 8.72. The lowest BCUT2D eigenvalue weighted by Crippen LogP contribution is -2.26. The topological polar surface area (TPSA) is 100 Å². The van der Waals surface area contributed by atoms with Gasteiger partial charge in [0.05, 0.1) is 12.5 Å². The van der Waals surface area contributed by atoms with Crippen LogP contribution in [0.2, 0.25) is 0 Å². The fourth-order valence-electron chi connectivity index (χ4n) is 1.55. The Morgan fingerprint density at radius 3 is 2.89 bits per heavy atom. The third-order valence-electron chi connectivity index (χ3n) is 2.38. The summed E-state index contributed by atoms with van der Waals surface area (Å²) in [7, 11) is 0. The molecular formula is C11H16N4O3. The van der Waals surface area contributed by atoms with E-state index in [1.54, 1.807) is 6.92 Å². The van der Waals surface area contributed by atoms with E-state index in [9.17, 15) is 0 Å². The Labute approximate surface area is 104 Å². The summed E-state index contributed by atoms with van der Waals surface area (Å²) >= 11 is 0. The highest BCUT2D eigenvalue weighted by atomic mass is 16.5. The standard InChI is InChI=1S/C11H16N4O3/c1-3-16-8(5-12)4-10-14-11(15-18-10)9-6-17-7(2)13-9/h6,8H,3-5,12H2,1-2H3. The number of aryl methyl sites for hydroxylation is 1. The molecule has 0 aliphatic rings. The molecule has 0 aliphatic heterocycles. The van der Waals surface area contributed by atoms with Gasteiger partial charge in [-0.15, -0.1) is 0 Å². The summed E-state index contributed by atoms with van der Waals surface area (Å²) in [6.07, 6.45) is 1.88. The van der Waals surface area contributed by atoms with Gasteiger partial charge in [0, 0.05) is 20.1 Å². The molecular weight excluding hydrogens is 236 g/mol. The average molecular weight is 252 g/mol. The van der Waals surface area contributed by atoms with E-state index in [1.807, 2.05) is 6.92 Å². The van der Waals surface area contributed by atoms with E-state index in [0.717, 1.165) is 0 Å². The fourth-order valence-corrected chi connectivity index (χ4v) is 1.55. The smallest absolute Gasteiger partial charge is 0.229 e. The molecule has 2 N–H and O–H groups in total. The van der Waals surface area contributed by atoms with Crippen molar-refractivity contribution < 1.29 is 13.7 Å². The molecule has 98 valence electrons. The van der Waals surface area contributed by atoms with Crippen molar-refractivity contribution >= 4 is 0 Å². The maximum absolute atomic E-state index is 5.59. The van der Waals surface area contributed by atoms with E-state index in [4.69, 9.17) is 19.4 Å². The van der Waals surface area contributed by atoms with Crippen LogP contribution in [0.4, 0.5) is 0 Å². The van der Waals surface area contributed by atoms with Crippen LogP contribution in [0.3, 0.4) is 0 Å². The van der Waals surface area contributed by atoms with Gasteiger partial charge < -0.3 is 19.4 Å². The van der Waals surface area contributed by atoms with Gasteiger partial charge in [-0.2, -0.15) is 4.98 Å². The first-order valence-corrected chi connectivity index (χ1v) is 5.79. The van der Waals surface area contributed by atoms with Crippen molar-refractivity contribution in [2.45, 2.75) is 26.4 Å². The van der Waals surface area contributed by atoms with Gasteiger partial charge in [-0.05, 0) is 6.92 Å². The quantitative estimate of drug-likeness (QED) is 0.816. The zero-order chi connectivity index (χ0) is 13.0. The molecule has 0 aliphatic carbocycles. The molecule has 2 heterocycles. The van der Waals surface area contributed by atoms with Crippen LogP contribution in [0.15, 0.2) is 15.2 Å². The Morgan fingerprint density at radius 1 is 1.44 bits per heavy atom. The van der Waals surface area contributed by atoms with Crippen molar-refractivity contribution in [3.63, 3.8) is 0 Å². The summed E-state index contributed by atoms with van der Waals surface area (Å²) in [5, 5.41) is 3.84. The maximum Gasteiger partial charge on any atom is 0.229 e. The summed E-state index contributed by atoms with van der Waals surface area (Å²) in [6.45, 7) is 4.68. The number of aromatic nitrogens is 3. The molecule has 7 heteroatoms. The van der Waals surface area contributed by atoms with Crippen molar-refractivity contribution in [2.24, 2.45) is 5.73 Å². The van der Waals surface area contributed by atoms with Crippen LogP contribution in [-0.4, -0.2) is 34.4 Å². The molecule has 2 aromatic rings. The molecule has 0 bridgehead atoms. The molecule has 0 radical (unpaired) electrons. The zero-order valence-corrected chi connectivity index (χ0v) is 10.4. The van der Waals surface area contributed by atoms with Gasteiger partial charge >= 0.3 is 0 Å². The highest BCUT2D eigenvalue weighted by molar-refractivity contribution is 5.45. The summed E-state index contributed by atoms with van der Waals surface area (Å²) in [4.78, 5) is 8.35. The molecule has 0 fully saturated rings. The number of hydrogen-bond acceptors (Lipinski definition) is 7. The number of nitrogens with two attached hydrogens (primary N) is 1. The monoisotopic (exact) mass is 252 g/mol. The van der Waals surface area contributed by atoms with Crippen LogP contribution in [0.5, 0.6) is 0 Å². The second kappa shape index (κ2) is 5.74. The molecule has 0 amide bonds. The van der Waals surface area contributed by atoms with Crippen LogP contribution >= 0.6 is 0 Å². The molecule has 0 saturated carbocycles.